The molecule has 0 fully saturated rings. The van der Waals surface area contributed by atoms with Gasteiger partial charge in [-0.2, -0.15) is 0 Å². The van der Waals surface area contributed by atoms with E-state index in [0.29, 0.717) is 12.0 Å². The molecule has 13 heavy (non-hydrogen) atoms. The fourth-order valence-corrected chi connectivity index (χ4v) is 1.65. The summed E-state index contributed by atoms with van der Waals surface area (Å²) in [6, 6.07) is 0.634. The van der Waals surface area contributed by atoms with E-state index in [1.807, 2.05) is 0 Å². The quantitative estimate of drug-likeness (QED) is 0.660. The zero-order valence-electron chi connectivity index (χ0n) is 9.76. The second-order valence-corrected chi connectivity index (χ2v) is 4.28. The minimum absolute atomic E-state index is 0.634. The molecule has 1 N–H and O–H groups in total. The Morgan fingerprint density at radius 2 is 1.85 bits per heavy atom. The smallest absolute Gasteiger partial charge is 0.0465 e. The zero-order chi connectivity index (χ0) is 10.3. The van der Waals surface area contributed by atoms with Crippen LogP contribution >= 0.6 is 0 Å². The maximum Gasteiger partial charge on any atom is 0.0465 e. The van der Waals surface area contributed by atoms with Crippen molar-refractivity contribution in [3.05, 3.63) is 0 Å². The van der Waals surface area contributed by atoms with Crippen molar-refractivity contribution in [3.8, 4) is 0 Å². The van der Waals surface area contributed by atoms with E-state index in [-0.39, 0.29) is 0 Å². The molecular formula is C11H25NO. The number of ether oxygens (including phenoxy) is 1. The number of rotatable bonds is 7. The standard InChI is InChI=1S/C11H25NO/c1-9(2)8-11(12-4)10(3)6-7-13-5/h9-12H,6-8H2,1-5H3. The van der Waals surface area contributed by atoms with Crippen LogP contribution in [0.3, 0.4) is 0 Å². The average molecular weight is 187 g/mol. The molecule has 2 atom stereocenters. The molecule has 0 aromatic rings. The van der Waals surface area contributed by atoms with E-state index >= 15 is 0 Å². The van der Waals surface area contributed by atoms with E-state index in [1.165, 1.54) is 6.42 Å². The highest BCUT2D eigenvalue weighted by Crippen LogP contribution is 2.15. The maximum atomic E-state index is 5.08. The van der Waals surface area contributed by atoms with Gasteiger partial charge in [-0.15, -0.1) is 0 Å². The van der Waals surface area contributed by atoms with Crippen LogP contribution in [0.1, 0.15) is 33.6 Å². The first-order valence-corrected chi connectivity index (χ1v) is 5.28. The Balaban J connectivity index is 3.77. The molecule has 0 rings (SSSR count). The van der Waals surface area contributed by atoms with Crippen LogP contribution in [-0.4, -0.2) is 26.8 Å². The topological polar surface area (TPSA) is 21.3 Å². The predicted octanol–water partition coefficient (Wildman–Crippen LogP) is 2.29. The van der Waals surface area contributed by atoms with Gasteiger partial charge in [0.05, 0.1) is 0 Å². The lowest BCUT2D eigenvalue weighted by Gasteiger charge is -2.24. The molecule has 0 aliphatic carbocycles. The summed E-state index contributed by atoms with van der Waals surface area (Å²) in [5.41, 5.74) is 0. The SMILES string of the molecule is CNC(CC(C)C)C(C)CCOC. The molecule has 0 aliphatic heterocycles. The third kappa shape index (κ3) is 6.05. The Morgan fingerprint density at radius 1 is 1.23 bits per heavy atom. The van der Waals surface area contributed by atoms with E-state index in [9.17, 15) is 0 Å². The largest absolute Gasteiger partial charge is 0.385 e. The second-order valence-electron chi connectivity index (χ2n) is 4.28. The molecule has 0 saturated carbocycles. The Bertz CT molecular complexity index is 115. The van der Waals surface area contributed by atoms with Gasteiger partial charge in [-0.05, 0) is 31.7 Å². The molecule has 2 heteroatoms. The summed E-state index contributed by atoms with van der Waals surface area (Å²) in [4.78, 5) is 0. The summed E-state index contributed by atoms with van der Waals surface area (Å²) in [5, 5.41) is 3.39. The highest BCUT2D eigenvalue weighted by atomic mass is 16.5. The fraction of sp³-hybridized carbons (Fsp3) is 1.00. The zero-order valence-corrected chi connectivity index (χ0v) is 9.76. The van der Waals surface area contributed by atoms with E-state index in [4.69, 9.17) is 4.74 Å². The van der Waals surface area contributed by atoms with Crippen LogP contribution in [0.15, 0.2) is 0 Å². The van der Waals surface area contributed by atoms with E-state index in [0.717, 1.165) is 18.9 Å². The highest BCUT2D eigenvalue weighted by Gasteiger charge is 2.15. The van der Waals surface area contributed by atoms with E-state index < -0.39 is 0 Å². The molecule has 0 bridgehead atoms. The van der Waals surface area contributed by atoms with Crippen molar-refractivity contribution in [2.24, 2.45) is 11.8 Å². The Kier molecular flexibility index (Phi) is 7.29. The molecule has 0 spiro atoms. The van der Waals surface area contributed by atoms with Crippen molar-refractivity contribution in [1.29, 1.82) is 0 Å². The van der Waals surface area contributed by atoms with Crippen LogP contribution in [0.2, 0.25) is 0 Å². The van der Waals surface area contributed by atoms with Gasteiger partial charge in [0.2, 0.25) is 0 Å². The maximum absolute atomic E-state index is 5.08. The van der Waals surface area contributed by atoms with Gasteiger partial charge < -0.3 is 10.1 Å². The van der Waals surface area contributed by atoms with Crippen molar-refractivity contribution in [2.75, 3.05) is 20.8 Å². The molecule has 0 amide bonds. The Morgan fingerprint density at radius 3 is 2.23 bits per heavy atom. The van der Waals surface area contributed by atoms with Crippen LogP contribution in [0.4, 0.5) is 0 Å². The minimum Gasteiger partial charge on any atom is -0.385 e. The minimum atomic E-state index is 0.634. The summed E-state index contributed by atoms with van der Waals surface area (Å²) in [5.74, 6) is 1.47. The van der Waals surface area contributed by atoms with Crippen molar-refractivity contribution in [1.82, 2.24) is 5.32 Å². The van der Waals surface area contributed by atoms with Gasteiger partial charge in [-0.3, -0.25) is 0 Å². The first-order valence-electron chi connectivity index (χ1n) is 5.28. The second kappa shape index (κ2) is 7.34. The van der Waals surface area contributed by atoms with Gasteiger partial charge in [0.1, 0.15) is 0 Å². The summed E-state index contributed by atoms with van der Waals surface area (Å²) in [7, 11) is 3.82. The van der Waals surface area contributed by atoms with Crippen LogP contribution in [0.25, 0.3) is 0 Å². The fourth-order valence-electron chi connectivity index (χ4n) is 1.65. The average Bonchev–Trinajstić information content (AvgIpc) is 2.09. The summed E-state index contributed by atoms with van der Waals surface area (Å²) < 4.78 is 5.08. The predicted molar refractivity (Wildman–Crippen MR) is 58.0 cm³/mol. The third-order valence-corrected chi connectivity index (χ3v) is 2.56. The molecule has 0 radical (unpaired) electrons. The molecular weight excluding hydrogens is 162 g/mol. The Labute approximate surface area is 83.1 Å². The lowest BCUT2D eigenvalue weighted by molar-refractivity contribution is 0.167. The van der Waals surface area contributed by atoms with Crippen LogP contribution in [0.5, 0.6) is 0 Å². The molecule has 0 heterocycles. The van der Waals surface area contributed by atoms with Gasteiger partial charge in [-0.1, -0.05) is 20.8 Å². The third-order valence-electron chi connectivity index (χ3n) is 2.56. The summed E-state index contributed by atoms with van der Waals surface area (Å²) in [6.45, 7) is 7.71. The normalized spacial score (nSPS) is 16.2. The number of hydrogen-bond acceptors (Lipinski definition) is 2. The molecule has 0 aromatic heterocycles. The first kappa shape index (κ1) is 12.9. The van der Waals surface area contributed by atoms with Crippen molar-refractivity contribution >= 4 is 0 Å². The molecule has 0 aliphatic rings. The number of hydrogen-bond donors (Lipinski definition) is 1. The summed E-state index contributed by atoms with van der Waals surface area (Å²) >= 11 is 0. The van der Waals surface area contributed by atoms with Gasteiger partial charge in [0.15, 0.2) is 0 Å². The number of methoxy groups -OCH3 is 1. The molecule has 2 unspecified atom stereocenters. The highest BCUT2D eigenvalue weighted by molar-refractivity contribution is 4.72. The first-order chi connectivity index (χ1) is 6.11. The van der Waals surface area contributed by atoms with E-state index in [2.05, 4.69) is 33.1 Å². The lowest BCUT2D eigenvalue weighted by Crippen LogP contribution is -2.33. The van der Waals surface area contributed by atoms with Gasteiger partial charge in [-0.25, -0.2) is 0 Å². The Hall–Kier alpha value is -0.0800. The van der Waals surface area contributed by atoms with Crippen LogP contribution in [0, 0.1) is 11.8 Å². The van der Waals surface area contributed by atoms with Crippen molar-refractivity contribution in [2.45, 2.75) is 39.7 Å². The number of nitrogens with one attached hydrogen (secondary N) is 1. The van der Waals surface area contributed by atoms with Crippen molar-refractivity contribution < 1.29 is 4.74 Å². The molecule has 0 saturated heterocycles. The monoisotopic (exact) mass is 187 g/mol. The molecule has 2 nitrogen and oxygen atoms in total. The molecule has 0 aromatic carbocycles. The van der Waals surface area contributed by atoms with Gasteiger partial charge in [0.25, 0.3) is 0 Å². The van der Waals surface area contributed by atoms with E-state index in [1.54, 1.807) is 7.11 Å². The van der Waals surface area contributed by atoms with Crippen LogP contribution in [-0.2, 0) is 4.74 Å². The molecule has 80 valence electrons. The van der Waals surface area contributed by atoms with Crippen molar-refractivity contribution in [3.63, 3.8) is 0 Å². The summed E-state index contributed by atoms with van der Waals surface area (Å²) in [6.07, 6.45) is 2.40. The van der Waals surface area contributed by atoms with Crippen LogP contribution < -0.4 is 5.32 Å². The van der Waals surface area contributed by atoms with Gasteiger partial charge >= 0.3 is 0 Å². The lowest BCUT2D eigenvalue weighted by atomic mass is 9.91. The van der Waals surface area contributed by atoms with Gasteiger partial charge in [0, 0.05) is 19.8 Å².